The Kier molecular flexibility index (Phi) is 4.26. The van der Waals surface area contributed by atoms with Crippen LogP contribution in [0, 0.1) is 0 Å². The number of halogens is 4. The molecule has 0 unspecified atom stereocenters. The first-order valence-corrected chi connectivity index (χ1v) is 6.46. The van der Waals surface area contributed by atoms with Crippen LogP contribution in [0.4, 0.5) is 13.2 Å². The number of aliphatic hydroxyl groups excluding tert-OH is 1. The van der Waals surface area contributed by atoms with E-state index >= 15 is 0 Å². The quantitative estimate of drug-likeness (QED) is 0.883. The average molecular weight is 295 g/mol. The van der Waals surface area contributed by atoms with E-state index in [1.54, 1.807) is 0 Å². The Bertz CT molecular complexity index is 440. The van der Waals surface area contributed by atoms with E-state index in [1.807, 2.05) is 0 Å². The van der Waals surface area contributed by atoms with Crippen molar-refractivity contribution in [3.05, 3.63) is 28.8 Å². The molecule has 0 amide bonds. The van der Waals surface area contributed by atoms with Crippen LogP contribution in [0.2, 0.25) is 5.02 Å². The smallest absolute Gasteiger partial charge is 0.405 e. The van der Waals surface area contributed by atoms with E-state index < -0.39 is 6.36 Å². The number of benzene rings is 1. The molecule has 19 heavy (non-hydrogen) atoms. The minimum atomic E-state index is -4.71. The van der Waals surface area contributed by atoms with E-state index in [0.29, 0.717) is 36.3 Å². The molecule has 6 heteroatoms. The van der Waals surface area contributed by atoms with Gasteiger partial charge in [-0.2, -0.15) is 0 Å². The number of ether oxygens (including phenoxy) is 1. The molecule has 0 heterocycles. The third-order valence-electron chi connectivity index (χ3n) is 3.33. The maximum absolute atomic E-state index is 12.4. The predicted octanol–water partition coefficient (Wildman–Crippen LogP) is 4.26. The van der Waals surface area contributed by atoms with Crippen LogP contribution < -0.4 is 4.74 Å². The summed E-state index contributed by atoms with van der Waals surface area (Å²) in [6.07, 6.45) is -2.63. The Labute approximate surface area is 114 Å². The first-order chi connectivity index (χ1) is 8.85. The fourth-order valence-corrected chi connectivity index (χ4v) is 2.62. The molecule has 1 aromatic rings. The second kappa shape index (κ2) is 5.59. The standard InChI is InChI=1S/C13H14ClF3O2/c14-9-3-6-12(19-13(15,16)17)11(7-9)8-1-4-10(18)5-2-8/h3,6-8,10,18H,1-2,4-5H2/t8-,10+. The molecule has 1 aromatic carbocycles. The van der Waals surface area contributed by atoms with Crippen LogP contribution in [-0.4, -0.2) is 17.6 Å². The maximum atomic E-state index is 12.4. The number of hydrogen-bond donors (Lipinski definition) is 1. The molecular weight excluding hydrogens is 281 g/mol. The topological polar surface area (TPSA) is 29.5 Å². The summed E-state index contributed by atoms with van der Waals surface area (Å²) in [6.45, 7) is 0. The Morgan fingerprint density at radius 1 is 1.16 bits per heavy atom. The summed E-state index contributed by atoms with van der Waals surface area (Å²) in [5.41, 5.74) is 0.469. The summed E-state index contributed by atoms with van der Waals surface area (Å²) in [5, 5.41) is 9.83. The highest BCUT2D eigenvalue weighted by atomic mass is 35.5. The second-order valence-corrected chi connectivity index (χ2v) is 5.17. The summed E-state index contributed by atoms with van der Waals surface area (Å²) >= 11 is 5.85. The van der Waals surface area contributed by atoms with Crippen LogP contribution in [0.25, 0.3) is 0 Å². The van der Waals surface area contributed by atoms with Crippen molar-refractivity contribution in [3.63, 3.8) is 0 Å². The van der Waals surface area contributed by atoms with Crippen molar-refractivity contribution in [1.29, 1.82) is 0 Å². The molecule has 2 nitrogen and oxygen atoms in total. The number of alkyl halides is 3. The van der Waals surface area contributed by atoms with Gasteiger partial charge in [-0.05, 0) is 55.4 Å². The third-order valence-corrected chi connectivity index (χ3v) is 3.57. The number of rotatable bonds is 2. The predicted molar refractivity (Wildman–Crippen MR) is 65.4 cm³/mol. The first-order valence-electron chi connectivity index (χ1n) is 6.08. The van der Waals surface area contributed by atoms with Crippen LogP contribution >= 0.6 is 11.6 Å². The van der Waals surface area contributed by atoms with Gasteiger partial charge in [0.2, 0.25) is 0 Å². The zero-order valence-corrected chi connectivity index (χ0v) is 10.8. The molecule has 2 rings (SSSR count). The molecule has 0 aliphatic heterocycles. The lowest BCUT2D eigenvalue weighted by Crippen LogP contribution is -2.21. The molecule has 106 valence electrons. The highest BCUT2D eigenvalue weighted by Crippen LogP contribution is 2.40. The van der Waals surface area contributed by atoms with Crippen molar-refractivity contribution in [1.82, 2.24) is 0 Å². The normalized spacial score (nSPS) is 24.3. The van der Waals surface area contributed by atoms with Crippen molar-refractivity contribution in [2.45, 2.75) is 44.1 Å². The third kappa shape index (κ3) is 4.01. The molecule has 0 atom stereocenters. The molecular formula is C13H14ClF3O2. The van der Waals surface area contributed by atoms with E-state index in [4.69, 9.17) is 11.6 Å². The van der Waals surface area contributed by atoms with Gasteiger partial charge in [0.05, 0.1) is 6.10 Å². The van der Waals surface area contributed by atoms with Crippen LogP contribution in [0.5, 0.6) is 5.75 Å². The second-order valence-electron chi connectivity index (χ2n) is 4.74. The van der Waals surface area contributed by atoms with Crippen molar-refractivity contribution in [2.75, 3.05) is 0 Å². The molecule has 0 spiro atoms. The van der Waals surface area contributed by atoms with Crippen LogP contribution in [0.1, 0.15) is 37.2 Å². The Morgan fingerprint density at radius 2 is 1.79 bits per heavy atom. The molecule has 0 aromatic heterocycles. The fourth-order valence-electron chi connectivity index (χ4n) is 2.44. The van der Waals surface area contributed by atoms with Gasteiger partial charge in [-0.1, -0.05) is 11.6 Å². The van der Waals surface area contributed by atoms with Gasteiger partial charge in [0.25, 0.3) is 0 Å². The molecule has 1 aliphatic carbocycles. The molecule has 0 radical (unpaired) electrons. The maximum Gasteiger partial charge on any atom is 0.573 e. The lowest BCUT2D eigenvalue weighted by atomic mass is 9.82. The lowest BCUT2D eigenvalue weighted by Gasteiger charge is -2.27. The van der Waals surface area contributed by atoms with E-state index in [2.05, 4.69) is 4.74 Å². The molecule has 1 saturated carbocycles. The SMILES string of the molecule is O[C@H]1CC[C@@H](c2cc(Cl)ccc2OC(F)(F)F)CC1. The van der Waals surface area contributed by atoms with Gasteiger partial charge in [-0.3, -0.25) is 0 Å². The van der Waals surface area contributed by atoms with Gasteiger partial charge in [0.15, 0.2) is 0 Å². The van der Waals surface area contributed by atoms with Gasteiger partial charge < -0.3 is 9.84 Å². The van der Waals surface area contributed by atoms with E-state index in [1.165, 1.54) is 18.2 Å². The van der Waals surface area contributed by atoms with Gasteiger partial charge in [0.1, 0.15) is 5.75 Å². The fraction of sp³-hybridized carbons (Fsp3) is 0.538. The largest absolute Gasteiger partial charge is 0.573 e. The van der Waals surface area contributed by atoms with Gasteiger partial charge >= 0.3 is 6.36 Å². The number of hydrogen-bond acceptors (Lipinski definition) is 2. The van der Waals surface area contributed by atoms with Crippen LogP contribution in [0.15, 0.2) is 18.2 Å². The van der Waals surface area contributed by atoms with E-state index in [0.717, 1.165) is 0 Å². The summed E-state index contributed by atoms with van der Waals surface area (Å²) in [7, 11) is 0. The minimum Gasteiger partial charge on any atom is -0.405 e. The van der Waals surface area contributed by atoms with Crippen molar-refractivity contribution < 1.29 is 23.0 Å². The average Bonchev–Trinajstić information content (AvgIpc) is 2.31. The molecule has 0 saturated heterocycles. The monoisotopic (exact) mass is 294 g/mol. The minimum absolute atomic E-state index is 0.0561. The van der Waals surface area contributed by atoms with Gasteiger partial charge in [-0.15, -0.1) is 13.2 Å². The van der Waals surface area contributed by atoms with E-state index in [-0.39, 0.29) is 17.8 Å². The highest BCUT2D eigenvalue weighted by molar-refractivity contribution is 6.30. The van der Waals surface area contributed by atoms with Crippen molar-refractivity contribution in [2.24, 2.45) is 0 Å². The molecule has 0 bridgehead atoms. The molecule has 1 fully saturated rings. The summed E-state index contributed by atoms with van der Waals surface area (Å²) in [5.74, 6) is -0.252. The highest BCUT2D eigenvalue weighted by Gasteiger charge is 2.33. The van der Waals surface area contributed by atoms with Gasteiger partial charge in [0, 0.05) is 5.02 Å². The Balaban J connectivity index is 2.24. The van der Waals surface area contributed by atoms with Crippen molar-refractivity contribution in [3.8, 4) is 5.75 Å². The van der Waals surface area contributed by atoms with E-state index in [9.17, 15) is 18.3 Å². The van der Waals surface area contributed by atoms with Crippen molar-refractivity contribution >= 4 is 11.6 Å². The first kappa shape index (κ1) is 14.5. The van der Waals surface area contributed by atoms with Crippen LogP contribution in [-0.2, 0) is 0 Å². The summed E-state index contributed by atoms with van der Waals surface area (Å²) < 4.78 is 41.1. The lowest BCUT2D eigenvalue weighted by molar-refractivity contribution is -0.275. The Morgan fingerprint density at radius 3 is 2.37 bits per heavy atom. The zero-order valence-electron chi connectivity index (χ0n) is 10.1. The summed E-state index contributed by atoms with van der Waals surface area (Å²) in [6, 6.07) is 4.14. The number of aliphatic hydroxyl groups is 1. The van der Waals surface area contributed by atoms with Crippen LogP contribution in [0.3, 0.4) is 0 Å². The Hall–Kier alpha value is -0.940. The zero-order chi connectivity index (χ0) is 14.0. The summed E-state index contributed by atoms with van der Waals surface area (Å²) in [4.78, 5) is 0. The molecule has 1 aliphatic rings. The van der Waals surface area contributed by atoms with Gasteiger partial charge in [-0.25, -0.2) is 0 Å². The molecule has 1 N–H and O–H groups in total.